The lowest BCUT2D eigenvalue weighted by Crippen LogP contribution is -2.23. The van der Waals surface area contributed by atoms with E-state index >= 15 is 0 Å². The molecule has 1 aromatic carbocycles. The van der Waals surface area contributed by atoms with E-state index in [1.807, 2.05) is 0 Å². The summed E-state index contributed by atoms with van der Waals surface area (Å²) in [4.78, 5) is 10.1. The Kier molecular flexibility index (Phi) is 3.84. The molecule has 18 heavy (non-hydrogen) atoms. The molecule has 0 spiro atoms. The Morgan fingerprint density at radius 3 is 2.56 bits per heavy atom. The summed E-state index contributed by atoms with van der Waals surface area (Å²) in [6, 6.07) is 6.29. The van der Waals surface area contributed by atoms with Gasteiger partial charge in [0.05, 0.1) is 6.61 Å². The van der Waals surface area contributed by atoms with Gasteiger partial charge in [0.15, 0.2) is 0 Å². The van der Waals surface area contributed by atoms with E-state index in [1.165, 1.54) is 12.1 Å². The average Bonchev–Trinajstić information content (AvgIpc) is 2.39. The van der Waals surface area contributed by atoms with Crippen LogP contribution in [0.5, 0.6) is 0 Å². The lowest BCUT2D eigenvalue weighted by atomic mass is 10.1. The van der Waals surface area contributed by atoms with Crippen molar-refractivity contribution in [2.75, 3.05) is 25.1 Å². The lowest BCUT2D eigenvalue weighted by Gasteiger charge is -2.15. The predicted molar refractivity (Wildman–Crippen MR) is 67.8 cm³/mol. The van der Waals surface area contributed by atoms with Crippen LogP contribution in [-0.2, 0) is 0 Å². The molecule has 0 fully saturated rings. The Hall–Kier alpha value is -2.01. The van der Waals surface area contributed by atoms with E-state index in [1.54, 1.807) is 36.5 Å². The van der Waals surface area contributed by atoms with Gasteiger partial charge in [0, 0.05) is 31.5 Å². The zero-order chi connectivity index (χ0) is 13.0. The van der Waals surface area contributed by atoms with Gasteiger partial charge >= 0.3 is 0 Å². The molecule has 0 radical (unpaired) electrons. The average molecular weight is 247 g/mol. The molecule has 0 saturated heterocycles. The van der Waals surface area contributed by atoms with E-state index in [-0.39, 0.29) is 12.4 Å². The largest absolute Gasteiger partial charge is 0.395 e. The van der Waals surface area contributed by atoms with Gasteiger partial charge in [-0.05, 0) is 17.7 Å². The molecule has 4 nitrogen and oxygen atoms in total. The number of rotatable bonds is 4. The smallest absolute Gasteiger partial charge is 0.225 e. The Labute approximate surface area is 105 Å². The highest BCUT2D eigenvalue weighted by Gasteiger charge is 2.05. The van der Waals surface area contributed by atoms with Crippen LogP contribution < -0.4 is 4.90 Å². The Bertz CT molecular complexity index is 516. The highest BCUT2D eigenvalue weighted by Crippen LogP contribution is 2.19. The van der Waals surface area contributed by atoms with Gasteiger partial charge < -0.3 is 10.0 Å². The highest BCUT2D eigenvalue weighted by atomic mass is 19.1. The van der Waals surface area contributed by atoms with Crippen molar-refractivity contribution in [2.45, 2.75) is 0 Å². The zero-order valence-electron chi connectivity index (χ0n) is 10.0. The first kappa shape index (κ1) is 12.4. The van der Waals surface area contributed by atoms with Gasteiger partial charge in [-0.15, -0.1) is 0 Å². The molecule has 0 amide bonds. The number of likely N-dealkylation sites (N-methyl/N-ethyl adjacent to an activating group) is 1. The molecule has 0 unspecified atom stereocenters. The number of hydrogen-bond acceptors (Lipinski definition) is 4. The van der Waals surface area contributed by atoms with Crippen LogP contribution in [0.2, 0.25) is 0 Å². The second kappa shape index (κ2) is 5.55. The molecule has 0 bridgehead atoms. The van der Waals surface area contributed by atoms with Crippen molar-refractivity contribution in [1.29, 1.82) is 0 Å². The summed E-state index contributed by atoms with van der Waals surface area (Å²) in [5.41, 5.74) is 1.50. The quantitative estimate of drug-likeness (QED) is 0.893. The summed E-state index contributed by atoms with van der Waals surface area (Å²) in [7, 11) is 1.80. The van der Waals surface area contributed by atoms with Crippen molar-refractivity contribution in [3.8, 4) is 11.1 Å². The number of halogens is 1. The SMILES string of the molecule is CN(CCO)c1ncc(-c2cccc(F)c2)cn1. The van der Waals surface area contributed by atoms with Gasteiger partial charge in [-0.1, -0.05) is 12.1 Å². The molecular formula is C13H14FN3O. The first-order valence-electron chi connectivity index (χ1n) is 5.60. The summed E-state index contributed by atoms with van der Waals surface area (Å²) in [6.45, 7) is 0.519. The van der Waals surface area contributed by atoms with Gasteiger partial charge in [-0.2, -0.15) is 0 Å². The van der Waals surface area contributed by atoms with Gasteiger partial charge in [-0.3, -0.25) is 0 Å². The maximum Gasteiger partial charge on any atom is 0.225 e. The molecule has 1 aromatic heterocycles. The monoisotopic (exact) mass is 247 g/mol. The van der Waals surface area contributed by atoms with Crippen molar-refractivity contribution < 1.29 is 9.50 Å². The number of anilines is 1. The summed E-state index contributed by atoms with van der Waals surface area (Å²) < 4.78 is 13.1. The van der Waals surface area contributed by atoms with E-state index < -0.39 is 0 Å². The lowest BCUT2D eigenvalue weighted by molar-refractivity contribution is 0.303. The van der Waals surface area contributed by atoms with Crippen LogP contribution in [0, 0.1) is 5.82 Å². The van der Waals surface area contributed by atoms with Crippen LogP contribution in [0.4, 0.5) is 10.3 Å². The molecule has 0 aliphatic heterocycles. The van der Waals surface area contributed by atoms with Crippen LogP contribution in [0.3, 0.4) is 0 Å². The van der Waals surface area contributed by atoms with Crippen molar-refractivity contribution in [1.82, 2.24) is 9.97 Å². The number of benzene rings is 1. The molecule has 0 aliphatic rings. The summed E-state index contributed by atoms with van der Waals surface area (Å²) in [5, 5.41) is 8.82. The van der Waals surface area contributed by atoms with Crippen LogP contribution in [0.1, 0.15) is 0 Å². The Balaban J connectivity index is 2.22. The standard InChI is InChI=1S/C13H14FN3O/c1-17(5-6-18)13-15-8-11(9-16-13)10-3-2-4-12(14)7-10/h2-4,7-9,18H,5-6H2,1H3. The number of aliphatic hydroxyl groups excluding tert-OH is 1. The van der Waals surface area contributed by atoms with Gasteiger partial charge in [-0.25, -0.2) is 14.4 Å². The van der Waals surface area contributed by atoms with Crippen molar-refractivity contribution >= 4 is 5.95 Å². The normalized spacial score (nSPS) is 10.4. The summed E-state index contributed by atoms with van der Waals surface area (Å²) in [6.07, 6.45) is 3.29. The maximum atomic E-state index is 13.1. The number of aromatic nitrogens is 2. The van der Waals surface area contributed by atoms with Gasteiger partial charge in [0.1, 0.15) is 5.82 Å². The van der Waals surface area contributed by atoms with E-state index in [0.717, 1.165) is 11.1 Å². The fourth-order valence-electron chi connectivity index (χ4n) is 1.59. The minimum atomic E-state index is -0.283. The van der Waals surface area contributed by atoms with E-state index in [9.17, 15) is 4.39 Å². The number of nitrogens with zero attached hydrogens (tertiary/aromatic N) is 3. The first-order chi connectivity index (χ1) is 8.70. The molecule has 5 heteroatoms. The second-order valence-electron chi connectivity index (χ2n) is 3.93. The molecule has 94 valence electrons. The third kappa shape index (κ3) is 2.81. The molecular weight excluding hydrogens is 233 g/mol. The van der Waals surface area contributed by atoms with E-state index in [0.29, 0.717) is 12.5 Å². The van der Waals surface area contributed by atoms with Crippen LogP contribution in [0.15, 0.2) is 36.7 Å². The zero-order valence-corrected chi connectivity index (χ0v) is 10.0. The molecule has 2 rings (SSSR count). The molecule has 0 aliphatic carbocycles. The van der Waals surface area contributed by atoms with Crippen molar-refractivity contribution in [3.63, 3.8) is 0 Å². The second-order valence-corrected chi connectivity index (χ2v) is 3.93. The minimum absolute atomic E-state index is 0.0471. The Morgan fingerprint density at radius 1 is 1.22 bits per heavy atom. The summed E-state index contributed by atoms with van der Waals surface area (Å²) in [5.74, 6) is 0.248. The van der Waals surface area contributed by atoms with Crippen molar-refractivity contribution in [3.05, 3.63) is 42.5 Å². The van der Waals surface area contributed by atoms with Crippen molar-refractivity contribution in [2.24, 2.45) is 0 Å². The molecule has 0 atom stereocenters. The van der Waals surface area contributed by atoms with Gasteiger partial charge in [0.2, 0.25) is 5.95 Å². The third-order valence-corrected chi connectivity index (χ3v) is 2.57. The van der Waals surface area contributed by atoms with Gasteiger partial charge in [0.25, 0.3) is 0 Å². The predicted octanol–water partition coefficient (Wildman–Crippen LogP) is 1.71. The van der Waals surface area contributed by atoms with E-state index in [2.05, 4.69) is 9.97 Å². The van der Waals surface area contributed by atoms with Crippen LogP contribution in [0.25, 0.3) is 11.1 Å². The number of aliphatic hydroxyl groups is 1. The molecule has 0 saturated carbocycles. The number of hydrogen-bond donors (Lipinski definition) is 1. The van der Waals surface area contributed by atoms with Crippen LogP contribution >= 0.6 is 0 Å². The third-order valence-electron chi connectivity index (χ3n) is 2.57. The maximum absolute atomic E-state index is 13.1. The topological polar surface area (TPSA) is 49.2 Å². The fourth-order valence-corrected chi connectivity index (χ4v) is 1.59. The fraction of sp³-hybridized carbons (Fsp3) is 0.231. The molecule has 1 N–H and O–H groups in total. The molecule has 1 heterocycles. The minimum Gasteiger partial charge on any atom is -0.395 e. The Morgan fingerprint density at radius 2 is 1.94 bits per heavy atom. The first-order valence-corrected chi connectivity index (χ1v) is 5.60. The van der Waals surface area contributed by atoms with E-state index in [4.69, 9.17) is 5.11 Å². The molecule has 2 aromatic rings. The highest BCUT2D eigenvalue weighted by molar-refractivity contribution is 5.61. The van der Waals surface area contributed by atoms with Crippen LogP contribution in [-0.4, -0.2) is 35.3 Å². The summed E-state index contributed by atoms with van der Waals surface area (Å²) >= 11 is 0.